The molecule has 1 aliphatic rings. The maximum Gasteiger partial charge on any atom is 0.279 e. The Bertz CT molecular complexity index is 888. The van der Waals surface area contributed by atoms with Gasteiger partial charge in [0.15, 0.2) is 10.8 Å². The molecule has 0 bridgehead atoms. The minimum absolute atomic E-state index is 0.279. The van der Waals surface area contributed by atoms with Crippen molar-refractivity contribution in [3.05, 3.63) is 58.4 Å². The molecule has 0 saturated carbocycles. The molecule has 0 unspecified atom stereocenters. The fourth-order valence-electron chi connectivity index (χ4n) is 2.79. The van der Waals surface area contributed by atoms with Crippen LogP contribution in [0, 0.1) is 0 Å². The molecule has 1 aromatic carbocycles. The van der Waals surface area contributed by atoms with Crippen LogP contribution in [0.15, 0.2) is 36.5 Å². The first-order chi connectivity index (χ1) is 12.2. The van der Waals surface area contributed by atoms with Gasteiger partial charge in [-0.05, 0) is 12.6 Å². The number of hydrogen-bond donors (Lipinski definition) is 1. The lowest BCUT2D eigenvalue weighted by Gasteiger charge is -2.20. The fraction of sp³-hybridized carbons (Fsp3) is 0.294. The molecule has 128 valence electrons. The molecule has 0 spiro atoms. The second-order valence-electron chi connectivity index (χ2n) is 6.12. The summed E-state index contributed by atoms with van der Waals surface area (Å²) in [6, 6.07) is 9.94. The van der Waals surface area contributed by atoms with Crippen molar-refractivity contribution in [2.45, 2.75) is 19.5 Å². The van der Waals surface area contributed by atoms with Crippen LogP contribution in [0.1, 0.15) is 26.6 Å². The Morgan fingerprint density at radius 3 is 3.00 bits per heavy atom. The molecule has 1 amide bonds. The summed E-state index contributed by atoms with van der Waals surface area (Å²) in [6.07, 6.45) is 2.58. The van der Waals surface area contributed by atoms with Crippen molar-refractivity contribution in [1.29, 1.82) is 0 Å². The molecule has 0 atom stereocenters. The van der Waals surface area contributed by atoms with Crippen LogP contribution in [0.3, 0.4) is 0 Å². The third-order valence-electron chi connectivity index (χ3n) is 4.10. The zero-order valence-electron chi connectivity index (χ0n) is 13.8. The molecule has 8 heteroatoms. The Labute approximate surface area is 149 Å². The number of aromatic nitrogens is 4. The maximum atomic E-state index is 12.4. The van der Waals surface area contributed by atoms with E-state index in [2.05, 4.69) is 32.6 Å². The monoisotopic (exact) mass is 354 g/mol. The molecule has 1 N–H and O–H groups in total. The first-order valence-corrected chi connectivity index (χ1v) is 8.91. The molecule has 1 aliphatic heterocycles. The Balaban J connectivity index is 1.43. The highest BCUT2D eigenvalue weighted by Gasteiger charge is 2.20. The lowest BCUT2D eigenvalue weighted by atomic mass is 10.2. The van der Waals surface area contributed by atoms with Crippen molar-refractivity contribution in [1.82, 2.24) is 24.9 Å². The summed E-state index contributed by atoms with van der Waals surface area (Å²) in [5.41, 5.74) is 2.49. The molecule has 3 aromatic rings. The largest absolute Gasteiger partial charge is 0.301 e. The molecule has 3 heterocycles. The predicted octanol–water partition coefficient (Wildman–Crippen LogP) is 2.02. The van der Waals surface area contributed by atoms with Crippen LogP contribution < -0.4 is 5.32 Å². The topological polar surface area (TPSA) is 75.9 Å². The summed E-state index contributed by atoms with van der Waals surface area (Å²) in [5.74, 6) is -0.279. The number of rotatable bonds is 4. The van der Waals surface area contributed by atoms with E-state index in [1.165, 1.54) is 16.2 Å². The van der Waals surface area contributed by atoms with Crippen molar-refractivity contribution in [3.63, 3.8) is 0 Å². The van der Waals surface area contributed by atoms with Crippen LogP contribution in [0.4, 0.5) is 5.13 Å². The van der Waals surface area contributed by atoms with Crippen LogP contribution in [0.25, 0.3) is 0 Å². The normalized spacial score (nSPS) is 14.3. The highest BCUT2D eigenvalue weighted by molar-refractivity contribution is 7.15. The lowest BCUT2D eigenvalue weighted by Crippen LogP contribution is -2.25. The van der Waals surface area contributed by atoms with Gasteiger partial charge in [-0.3, -0.25) is 10.1 Å². The molecule has 7 nitrogen and oxygen atoms in total. The number of fused-ring (bicyclic) bond motifs is 1. The van der Waals surface area contributed by atoms with Crippen LogP contribution in [0.5, 0.6) is 0 Å². The zero-order valence-corrected chi connectivity index (χ0v) is 14.7. The third kappa shape index (κ3) is 3.59. The van der Waals surface area contributed by atoms with Gasteiger partial charge in [0.25, 0.3) is 5.91 Å². The average molecular weight is 354 g/mol. The quantitative estimate of drug-likeness (QED) is 0.776. The molecule has 0 radical (unpaired) electrons. The maximum absolute atomic E-state index is 12.4. The number of carbonyl (C=O) groups excluding carboxylic acids is 1. The van der Waals surface area contributed by atoms with E-state index in [4.69, 9.17) is 0 Å². The van der Waals surface area contributed by atoms with Gasteiger partial charge < -0.3 is 4.90 Å². The van der Waals surface area contributed by atoms with Gasteiger partial charge in [0, 0.05) is 24.4 Å². The van der Waals surface area contributed by atoms with Gasteiger partial charge in [-0.1, -0.05) is 35.5 Å². The number of benzene rings is 1. The van der Waals surface area contributed by atoms with Crippen molar-refractivity contribution in [2.75, 3.05) is 18.9 Å². The molecule has 0 saturated heterocycles. The van der Waals surface area contributed by atoms with Gasteiger partial charge in [0.2, 0.25) is 0 Å². The second-order valence-corrected chi connectivity index (χ2v) is 7.20. The Hall–Kier alpha value is -2.58. The summed E-state index contributed by atoms with van der Waals surface area (Å²) in [5, 5.41) is 11.5. The molecule has 0 aliphatic carbocycles. The standard InChI is InChI=1S/C17H18N6OS/c1-22-8-7-13-15(11-22)25-17(18-13)19-16(24)14-10-23(21-20-14)9-12-5-3-2-4-6-12/h2-6,10H,7-9,11H2,1H3,(H,18,19,24). The molecule has 4 rings (SSSR count). The first-order valence-electron chi connectivity index (χ1n) is 8.10. The number of anilines is 1. The summed E-state index contributed by atoms with van der Waals surface area (Å²) < 4.78 is 1.66. The number of amides is 1. The highest BCUT2D eigenvalue weighted by Crippen LogP contribution is 2.27. The number of carbonyl (C=O) groups is 1. The molecule has 0 fully saturated rings. The number of likely N-dealkylation sites (N-methyl/N-ethyl adjacent to an activating group) is 1. The zero-order chi connectivity index (χ0) is 17.2. The highest BCUT2D eigenvalue weighted by atomic mass is 32.1. The first kappa shape index (κ1) is 15.9. The van der Waals surface area contributed by atoms with E-state index < -0.39 is 0 Å². The van der Waals surface area contributed by atoms with E-state index in [1.54, 1.807) is 10.9 Å². The van der Waals surface area contributed by atoms with Crippen molar-refractivity contribution in [3.8, 4) is 0 Å². The van der Waals surface area contributed by atoms with E-state index >= 15 is 0 Å². The van der Waals surface area contributed by atoms with Crippen molar-refractivity contribution < 1.29 is 4.79 Å². The van der Waals surface area contributed by atoms with E-state index in [0.29, 0.717) is 17.4 Å². The number of nitrogens with one attached hydrogen (secondary N) is 1. The predicted molar refractivity (Wildman–Crippen MR) is 95.7 cm³/mol. The van der Waals surface area contributed by atoms with E-state index in [9.17, 15) is 4.79 Å². The Kier molecular flexibility index (Phi) is 4.29. The summed E-state index contributed by atoms with van der Waals surface area (Å²) in [4.78, 5) is 20.4. The number of thiazole rings is 1. The summed E-state index contributed by atoms with van der Waals surface area (Å²) >= 11 is 1.53. The number of nitrogens with zero attached hydrogens (tertiary/aromatic N) is 5. The van der Waals surface area contributed by atoms with Crippen molar-refractivity contribution >= 4 is 22.4 Å². The van der Waals surface area contributed by atoms with E-state index in [-0.39, 0.29) is 5.91 Å². The van der Waals surface area contributed by atoms with Crippen LogP contribution >= 0.6 is 11.3 Å². The van der Waals surface area contributed by atoms with Crippen molar-refractivity contribution in [2.24, 2.45) is 0 Å². The minimum atomic E-state index is -0.279. The molecular formula is C17H18N6OS. The average Bonchev–Trinajstić information content (AvgIpc) is 3.22. The number of hydrogen-bond acceptors (Lipinski definition) is 6. The summed E-state index contributed by atoms with van der Waals surface area (Å²) in [7, 11) is 2.09. The van der Waals surface area contributed by atoms with Gasteiger partial charge in [0.1, 0.15) is 0 Å². The molecular weight excluding hydrogens is 336 g/mol. The third-order valence-corrected chi connectivity index (χ3v) is 5.10. The Morgan fingerprint density at radius 2 is 2.16 bits per heavy atom. The van der Waals surface area contributed by atoms with Crippen LogP contribution in [0.2, 0.25) is 0 Å². The van der Waals surface area contributed by atoms with Gasteiger partial charge in [0.05, 0.1) is 18.4 Å². The van der Waals surface area contributed by atoms with E-state index in [0.717, 1.165) is 30.8 Å². The summed E-state index contributed by atoms with van der Waals surface area (Å²) in [6.45, 7) is 2.47. The smallest absolute Gasteiger partial charge is 0.279 e. The van der Waals surface area contributed by atoms with Crippen LogP contribution in [-0.2, 0) is 19.5 Å². The van der Waals surface area contributed by atoms with Gasteiger partial charge in [-0.2, -0.15) is 0 Å². The lowest BCUT2D eigenvalue weighted by molar-refractivity contribution is 0.102. The van der Waals surface area contributed by atoms with Gasteiger partial charge in [-0.15, -0.1) is 16.4 Å². The molecule has 25 heavy (non-hydrogen) atoms. The SMILES string of the molecule is CN1CCc2nc(NC(=O)c3cn(Cc4ccccc4)nn3)sc2C1. The fourth-order valence-corrected chi connectivity index (χ4v) is 3.87. The van der Waals surface area contributed by atoms with E-state index in [1.807, 2.05) is 30.3 Å². The van der Waals surface area contributed by atoms with Crippen LogP contribution in [-0.4, -0.2) is 44.4 Å². The van der Waals surface area contributed by atoms with Gasteiger partial charge in [-0.25, -0.2) is 9.67 Å². The Morgan fingerprint density at radius 1 is 1.32 bits per heavy atom. The van der Waals surface area contributed by atoms with Gasteiger partial charge >= 0.3 is 0 Å². The molecule has 2 aromatic heterocycles. The second kappa shape index (κ2) is 6.73. The minimum Gasteiger partial charge on any atom is -0.301 e.